The second kappa shape index (κ2) is 6.26. The maximum atomic E-state index is 12.7. The van der Waals surface area contributed by atoms with Gasteiger partial charge < -0.3 is 9.84 Å². The molecule has 3 nitrogen and oxygen atoms in total. The van der Waals surface area contributed by atoms with Gasteiger partial charge in [-0.1, -0.05) is 0 Å². The van der Waals surface area contributed by atoms with Crippen molar-refractivity contribution in [2.24, 2.45) is 0 Å². The smallest absolute Gasteiger partial charge is 0.420 e. The van der Waals surface area contributed by atoms with Crippen LogP contribution in [0.4, 0.5) is 13.2 Å². The highest BCUT2D eigenvalue weighted by molar-refractivity contribution is 5.43. The Hall–Kier alpha value is -1.74. The molecule has 0 bridgehead atoms. The molecule has 0 saturated heterocycles. The summed E-state index contributed by atoms with van der Waals surface area (Å²) in [7, 11) is 0. The first kappa shape index (κ1) is 14.3. The van der Waals surface area contributed by atoms with Crippen LogP contribution in [0.3, 0.4) is 0 Å². The number of nitriles is 1. The molecule has 0 amide bonds. The summed E-state index contributed by atoms with van der Waals surface area (Å²) in [6, 6.07) is 4.83. The van der Waals surface area contributed by atoms with Crippen LogP contribution in [0.2, 0.25) is 0 Å². The molecule has 0 aliphatic heterocycles. The zero-order valence-electron chi connectivity index (χ0n) is 9.50. The monoisotopic (exact) mass is 259 g/mol. The van der Waals surface area contributed by atoms with Gasteiger partial charge in [-0.15, -0.1) is 0 Å². The number of alkyl halides is 3. The number of halogens is 3. The lowest BCUT2D eigenvalue weighted by Crippen LogP contribution is -2.10. The quantitative estimate of drug-likeness (QED) is 0.827. The van der Waals surface area contributed by atoms with Gasteiger partial charge >= 0.3 is 6.18 Å². The van der Waals surface area contributed by atoms with Crippen LogP contribution in [0.5, 0.6) is 5.75 Å². The molecule has 6 heteroatoms. The maximum absolute atomic E-state index is 12.7. The van der Waals surface area contributed by atoms with Gasteiger partial charge in [-0.3, -0.25) is 0 Å². The molecule has 0 aromatic heterocycles. The molecule has 0 aliphatic carbocycles. The van der Waals surface area contributed by atoms with E-state index in [4.69, 9.17) is 15.1 Å². The zero-order valence-corrected chi connectivity index (χ0v) is 9.50. The van der Waals surface area contributed by atoms with E-state index in [0.717, 1.165) is 12.1 Å². The summed E-state index contributed by atoms with van der Waals surface area (Å²) < 4.78 is 43.2. The minimum atomic E-state index is -4.56. The molecule has 1 N–H and O–H groups in total. The molecule has 0 fully saturated rings. The van der Waals surface area contributed by atoms with Gasteiger partial charge in [-0.2, -0.15) is 18.4 Å². The molecule has 0 heterocycles. The fourth-order valence-corrected chi connectivity index (χ4v) is 1.34. The van der Waals surface area contributed by atoms with Gasteiger partial charge in [-0.25, -0.2) is 0 Å². The van der Waals surface area contributed by atoms with E-state index in [0.29, 0.717) is 12.8 Å². The highest BCUT2D eigenvalue weighted by atomic mass is 19.4. The number of unbranched alkanes of at least 4 members (excludes halogenated alkanes) is 1. The molecule has 1 aromatic carbocycles. The van der Waals surface area contributed by atoms with Gasteiger partial charge in [0.1, 0.15) is 5.75 Å². The molecule has 0 saturated carbocycles. The molecule has 0 radical (unpaired) electrons. The van der Waals surface area contributed by atoms with Crippen molar-refractivity contribution in [1.29, 1.82) is 5.26 Å². The number of hydrogen-bond acceptors (Lipinski definition) is 3. The third-order valence-electron chi connectivity index (χ3n) is 2.22. The second-order valence-electron chi connectivity index (χ2n) is 3.60. The van der Waals surface area contributed by atoms with Crippen LogP contribution in [0.1, 0.15) is 24.0 Å². The van der Waals surface area contributed by atoms with E-state index in [-0.39, 0.29) is 24.5 Å². The first-order chi connectivity index (χ1) is 8.49. The van der Waals surface area contributed by atoms with Gasteiger partial charge in [0, 0.05) is 6.61 Å². The first-order valence-electron chi connectivity index (χ1n) is 5.34. The highest BCUT2D eigenvalue weighted by Crippen LogP contribution is 2.36. The molecule has 18 heavy (non-hydrogen) atoms. The molecule has 0 atom stereocenters. The van der Waals surface area contributed by atoms with Gasteiger partial charge in [-0.05, 0) is 31.0 Å². The summed E-state index contributed by atoms with van der Waals surface area (Å²) in [6.45, 7) is 0.0679. The van der Waals surface area contributed by atoms with Crippen LogP contribution in [0.15, 0.2) is 18.2 Å². The standard InChI is InChI=1S/C12H12F3NO2/c13-12(14,15)10-7-9(8-16)3-4-11(10)18-6-2-1-5-17/h3-4,7,17H,1-2,5-6H2. The molecule has 1 aromatic rings. The Morgan fingerprint density at radius 2 is 2.00 bits per heavy atom. The third-order valence-corrected chi connectivity index (χ3v) is 2.22. The second-order valence-corrected chi connectivity index (χ2v) is 3.60. The number of ether oxygens (including phenoxy) is 1. The van der Waals surface area contributed by atoms with Crippen molar-refractivity contribution in [2.45, 2.75) is 19.0 Å². The van der Waals surface area contributed by atoms with Crippen molar-refractivity contribution < 1.29 is 23.0 Å². The average Bonchev–Trinajstić information content (AvgIpc) is 2.33. The Labute approximate surface area is 102 Å². The topological polar surface area (TPSA) is 53.2 Å². The minimum Gasteiger partial charge on any atom is -0.493 e. The van der Waals surface area contributed by atoms with Crippen LogP contribution in [-0.4, -0.2) is 18.3 Å². The van der Waals surface area contributed by atoms with Crippen molar-refractivity contribution in [1.82, 2.24) is 0 Å². The lowest BCUT2D eigenvalue weighted by Gasteiger charge is -2.14. The molecule has 1 rings (SSSR count). The van der Waals surface area contributed by atoms with Crippen molar-refractivity contribution >= 4 is 0 Å². The van der Waals surface area contributed by atoms with Gasteiger partial charge in [0.05, 0.1) is 23.8 Å². The molecule has 0 unspecified atom stereocenters. The number of hydrogen-bond donors (Lipinski definition) is 1. The summed E-state index contributed by atoms with van der Waals surface area (Å²) in [5.41, 5.74) is -1.02. The largest absolute Gasteiger partial charge is 0.493 e. The predicted octanol–water partition coefficient (Wildman–Crippen LogP) is 2.73. The first-order valence-corrected chi connectivity index (χ1v) is 5.34. The lowest BCUT2D eigenvalue weighted by molar-refractivity contribution is -0.139. The van der Waals surface area contributed by atoms with Crippen molar-refractivity contribution in [2.75, 3.05) is 13.2 Å². The summed E-state index contributed by atoms with van der Waals surface area (Å²) in [5.74, 6) is -0.292. The number of benzene rings is 1. The summed E-state index contributed by atoms with van der Waals surface area (Å²) in [6.07, 6.45) is -3.62. The van der Waals surface area contributed by atoms with E-state index in [1.807, 2.05) is 0 Å². The van der Waals surface area contributed by atoms with E-state index >= 15 is 0 Å². The van der Waals surface area contributed by atoms with E-state index in [9.17, 15) is 13.2 Å². The Balaban J connectivity index is 2.87. The Morgan fingerprint density at radius 1 is 1.28 bits per heavy atom. The van der Waals surface area contributed by atoms with Crippen molar-refractivity contribution in [3.05, 3.63) is 29.3 Å². The van der Waals surface area contributed by atoms with Crippen LogP contribution >= 0.6 is 0 Å². The molecule has 98 valence electrons. The molecular weight excluding hydrogens is 247 g/mol. The third kappa shape index (κ3) is 3.93. The fourth-order valence-electron chi connectivity index (χ4n) is 1.34. The normalized spacial score (nSPS) is 11.1. The molecule has 0 spiro atoms. The van der Waals surface area contributed by atoms with E-state index in [1.54, 1.807) is 6.07 Å². The summed E-state index contributed by atoms with van der Waals surface area (Å²) in [5, 5.41) is 17.1. The number of aliphatic hydroxyl groups excluding tert-OH is 1. The zero-order chi connectivity index (χ0) is 13.6. The maximum Gasteiger partial charge on any atom is 0.420 e. The van der Waals surface area contributed by atoms with Gasteiger partial charge in [0.15, 0.2) is 0 Å². The van der Waals surface area contributed by atoms with E-state index in [2.05, 4.69) is 0 Å². The Morgan fingerprint density at radius 3 is 2.56 bits per heavy atom. The van der Waals surface area contributed by atoms with Gasteiger partial charge in [0.2, 0.25) is 0 Å². The number of aliphatic hydroxyl groups is 1. The highest BCUT2D eigenvalue weighted by Gasteiger charge is 2.34. The Kier molecular flexibility index (Phi) is 4.98. The minimum absolute atomic E-state index is 0.0249. The van der Waals surface area contributed by atoms with Crippen LogP contribution in [0, 0.1) is 11.3 Å². The van der Waals surface area contributed by atoms with Crippen molar-refractivity contribution in [3.63, 3.8) is 0 Å². The molecular formula is C12H12F3NO2. The molecule has 0 aliphatic rings. The van der Waals surface area contributed by atoms with Crippen LogP contribution in [-0.2, 0) is 6.18 Å². The van der Waals surface area contributed by atoms with Crippen molar-refractivity contribution in [3.8, 4) is 11.8 Å². The number of nitrogens with zero attached hydrogens (tertiary/aromatic N) is 1. The van der Waals surface area contributed by atoms with Crippen LogP contribution < -0.4 is 4.74 Å². The predicted molar refractivity (Wildman–Crippen MR) is 58.0 cm³/mol. The Bertz CT molecular complexity index is 438. The lowest BCUT2D eigenvalue weighted by atomic mass is 10.1. The van der Waals surface area contributed by atoms with Gasteiger partial charge in [0.25, 0.3) is 0 Å². The van der Waals surface area contributed by atoms with E-state index in [1.165, 1.54) is 6.07 Å². The summed E-state index contributed by atoms with van der Waals surface area (Å²) in [4.78, 5) is 0. The van der Waals surface area contributed by atoms with Crippen LogP contribution in [0.25, 0.3) is 0 Å². The fraction of sp³-hybridized carbons (Fsp3) is 0.417. The SMILES string of the molecule is N#Cc1ccc(OCCCCO)c(C(F)(F)F)c1. The average molecular weight is 259 g/mol. The summed E-state index contributed by atoms with van der Waals surface area (Å²) >= 11 is 0. The number of rotatable bonds is 5. The van der Waals surface area contributed by atoms with E-state index < -0.39 is 11.7 Å².